The molecule has 0 N–H and O–H groups in total. The van der Waals surface area contributed by atoms with E-state index in [9.17, 15) is 0 Å². The molecule has 28 rings (SSSR count). The molecule has 3 aliphatic rings. The Morgan fingerprint density at radius 1 is 0.169 bits per heavy atom. The van der Waals surface area contributed by atoms with Gasteiger partial charge in [-0.05, 0) is 169 Å². The van der Waals surface area contributed by atoms with E-state index < -0.39 is 5.41 Å². The summed E-state index contributed by atoms with van der Waals surface area (Å²) in [5.74, 6) is 4.23. The van der Waals surface area contributed by atoms with Crippen molar-refractivity contribution in [1.82, 2.24) is 48.6 Å². The van der Waals surface area contributed by atoms with Gasteiger partial charge in [0.05, 0.1) is 55.6 Å². The van der Waals surface area contributed by atoms with Gasteiger partial charge in [0, 0.05) is 105 Å². The average Bonchev–Trinajstić information content (AvgIpc) is 1.52. The Hall–Kier alpha value is -18.3. The van der Waals surface area contributed by atoms with E-state index in [-0.39, 0.29) is 10.8 Å². The van der Waals surface area contributed by atoms with Gasteiger partial charge in [0.15, 0.2) is 29.1 Å². The van der Waals surface area contributed by atoms with Crippen molar-refractivity contribution in [2.75, 3.05) is 0 Å². The molecule has 142 heavy (non-hydrogen) atoms. The highest BCUT2D eigenvalue weighted by atomic mass is 15.1. The van der Waals surface area contributed by atoms with E-state index in [4.69, 9.17) is 34.9 Å². The third-order valence-corrected chi connectivity index (χ3v) is 29.3. The molecule has 19 aromatic carbocycles. The molecule has 0 saturated carbocycles. The summed E-state index contributed by atoms with van der Waals surface area (Å²) >= 11 is 0. The Labute approximate surface area is 823 Å². The molecule has 0 spiro atoms. The van der Waals surface area contributed by atoms with Crippen LogP contribution in [0.2, 0.25) is 0 Å². The maximum Gasteiger partial charge on any atom is 0.164 e. The minimum atomic E-state index is -0.620. The smallest absolute Gasteiger partial charge is 0.164 e. The van der Waals surface area contributed by atoms with Crippen LogP contribution in [0, 0.1) is 0 Å². The van der Waals surface area contributed by atoms with Gasteiger partial charge in [0.25, 0.3) is 0 Å². The van der Waals surface area contributed by atoms with Crippen molar-refractivity contribution in [3.8, 4) is 141 Å². The number of hydrogen-bond donors (Lipinski definition) is 0. The first kappa shape index (κ1) is 84.3. The summed E-state index contributed by atoms with van der Waals surface area (Å²) in [7, 11) is 0. The quantitative estimate of drug-likeness (QED) is 0.113. The Morgan fingerprint density at radius 3 is 0.993 bits per heavy atom. The van der Waals surface area contributed by atoms with Gasteiger partial charge in [-0.1, -0.05) is 416 Å². The Kier molecular flexibility index (Phi) is 20.3. The van der Waals surface area contributed by atoms with Gasteiger partial charge in [-0.3, -0.25) is 4.57 Å². The molecule has 25 aromatic rings. The minimum absolute atomic E-state index is 0.0564. The van der Waals surface area contributed by atoms with Crippen LogP contribution in [0.5, 0.6) is 0 Å². The van der Waals surface area contributed by atoms with Crippen LogP contribution >= 0.6 is 0 Å². The summed E-state index contributed by atoms with van der Waals surface area (Å²) in [6.07, 6.45) is 0. The first-order valence-electron chi connectivity index (χ1n) is 48.7. The molecule has 670 valence electrons. The molecule has 0 atom stereocenters. The summed E-state index contributed by atoms with van der Waals surface area (Å²) in [5, 5.41) is 7.46. The molecule has 0 amide bonds. The number of benzene rings is 19. The molecule has 10 nitrogen and oxygen atoms in total. The normalized spacial score (nSPS) is 13.1. The lowest BCUT2D eigenvalue weighted by molar-refractivity contribution is 0.661. The third-order valence-electron chi connectivity index (χ3n) is 29.3. The van der Waals surface area contributed by atoms with Crippen LogP contribution in [-0.4, -0.2) is 48.6 Å². The number of nitrogens with zero attached hydrogens (tertiary/aromatic N) is 10. The van der Waals surface area contributed by atoms with Crippen LogP contribution in [0.3, 0.4) is 0 Å². The Bertz CT molecular complexity index is 9030. The van der Waals surface area contributed by atoms with Crippen LogP contribution in [-0.2, 0) is 16.2 Å². The van der Waals surface area contributed by atoms with Crippen LogP contribution in [0.15, 0.2) is 485 Å². The van der Waals surface area contributed by atoms with Gasteiger partial charge in [-0.25, -0.2) is 34.9 Å². The second-order valence-corrected chi connectivity index (χ2v) is 38.2. The van der Waals surface area contributed by atoms with E-state index in [1.165, 1.54) is 132 Å². The molecule has 0 radical (unpaired) electrons. The van der Waals surface area contributed by atoms with Crippen molar-refractivity contribution >= 4 is 65.4 Å². The van der Waals surface area contributed by atoms with E-state index in [0.717, 1.165) is 101 Å². The topological polar surface area (TPSA) is 105 Å². The van der Waals surface area contributed by atoms with Crippen molar-refractivity contribution in [3.63, 3.8) is 0 Å². The molecule has 0 bridgehead atoms. The van der Waals surface area contributed by atoms with Gasteiger partial charge in [0.2, 0.25) is 0 Å². The van der Waals surface area contributed by atoms with Crippen LogP contribution < -0.4 is 0 Å². The highest BCUT2D eigenvalue weighted by molar-refractivity contribution is 6.15. The predicted molar refractivity (Wildman–Crippen MR) is 583 cm³/mol. The van der Waals surface area contributed by atoms with E-state index in [1.807, 2.05) is 84.9 Å². The fourth-order valence-electron chi connectivity index (χ4n) is 22.6. The van der Waals surface area contributed by atoms with Crippen LogP contribution in [0.4, 0.5) is 0 Å². The standard InChI is InChI=1S/C52H34N4.C43H31N3.C37H27N3/c1-6-18-35(19-7-1)49-53-50(36-20-8-2-9-21-36)55-51(54-49)37-30-31-41-43-34-48-44(42-28-16-17-29-47(42)56(48)40-26-14-5-15-27-40)33-46(43)52(45(41)32-37,38-22-10-3-11-23-38)39-24-12-4-13-25-39;1-43(2)36-22-11-9-20-32(36)34-25-35-33-21-10-12-23-40(33)46(41(35)26-37(34)43)31-19-13-18-30(24-31)39-27-38(28-14-5-3-6-15-28)44-42(45-39)29-16-7-4-8-17-29;1-37(2)30-19-11-9-17-26(30)28-22-34-29(21-31(28)37)27-18-10-12-20-33(27)40(34)35-23-32(24-13-5-3-6-14-24)38-36(39-35)25-15-7-4-8-16-25/h1-34H;3-27H,1-2H3;3-23H,1-2H3. The fourth-order valence-corrected chi connectivity index (χ4v) is 22.6. The zero-order valence-electron chi connectivity index (χ0n) is 78.7. The van der Waals surface area contributed by atoms with Crippen LogP contribution in [0.1, 0.15) is 72.2 Å². The average molecular weight is 1820 g/mol. The van der Waals surface area contributed by atoms with E-state index in [2.05, 4.69) is 442 Å². The lowest BCUT2D eigenvalue weighted by Crippen LogP contribution is -2.28. The maximum atomic E-state index is 5.19. The molecular weight excluding hydrogens is 1730 g/mol. The first-order chi connectivity index (χ1) is 69.9. The van der Waals surface area contributed by atoms with Gasteiger partial charge >= 0.3 is 0 Å². The monoisotopic (exact) mass is 1820 g/mol. The van der Waals surface area contributed by atoms with E-state index >= 15 is 0 Å². The molecule has 0 aliphatic heterocycles. The Morgan fingerprint density at radius 2 is 0.493 bits per heavy atom. The third kappa shape index (κ3) is 14.0. The summed E-state index contributed by atoms with van der Waals surface area (Å²) in [4.78, 5) is 35.6. The van der Waals surface area contributed by atoms with Gasteiger partial charge in [-0.15, -0.1) is 0 Å². The van der Waals surface area contributed by atoms with Crippen molar-refractivity contribution < 1.29 is 0 Å². The summed E-state index contributed by atoms with van der Waals surface area (Å²) < 4.78 is 7.15. The number of fused-ring (bicyclic) bond motifs is 18. The number of aromatic nitrogens is 10. The number of para-hydroxylation sites is 4. The highest BCUT2D eigenvalue weighted by Gasteiger charge is 2.48. The van der Waals surface area contributed by atoms with Crippen molar-refractivity contribution in [2.45, 2.75) is 43.9 Å². The maximum absolute atomic E-state index is 5.19. The van der Waals surface area contributed by atoms with Crippen molar-refractivity contribution in [2.24, 2.45) is 0 Å². The van der Waals surface area contributed by atoms with E-state index in [0.29, 0.717) is 17.5 Å². The van der Waals surface area contributed by atoms with Crippen molar-refractivity contribution in [3.05, 3.63) is 530 Å². The summed E-state index contributed by atoms with van der Waals surface area (Å²) in [6.45, 7) is 9.37. The highest BCUT2D eigenvalue weighted by Crippen LogP contribution is 2.60. The second-order valence-electron chi connectivity index (χ2n) is 38.2. The van der Waals surface area contributed by atoms with Crippen LogP contribution in [0.25, 0.3) is 207 Å². The molecule has 6 aromatic heterocycles. The molecule has 0 unspecified atom stereocenters. The number of hydrogen-bond acceptors (Lipinski definition) is 7. The summed E-state index contributed by atoms with van der Waals surface area (Å²) in [6, 6.07) is 172. The SMILES string of the molecule is CC1(C)c2ccccc2-c2cc3c(cc21)c1ccccc1n3-c1cc(-c2ccccc2)nc(-c2ccccc2)n1.CC1(C)c2ccccc2-c2cc3c4ccccc4n(-c4cccc(-c5cc(-c6ccccc6)nc(-c6ccccc6)n5)c4)c3cc21.c1ccc(-c2nc(-c3ccccc3)nc(-c3ccc4c(c3)C(c3ccccc3)(c3ccccc3)c3cc5c6ccccc6n(-c6ccccc6)c5cc3-4)n2)cc1. The molecule has 10 heteroatoms. The molecule has 0 fully saturated rings. The van der Waals surface area contributed by atoms with Gasteiger partial charge in [0.1, 0.15) is 5.82 Å². The zero-order chi connectivity index (χ0) is 94.7. The van der Waals surface area contributed by atoms with Gasteiger partial charge < -0.3 is 9.13 Å². The molecule has 6 heterocycles. The molecule has 3 aliphatic carbocycles. The van der Waals surface area contributed by atoms with E-state index in [1.54, 1.807) is 0 Å². The lowest BCUT2D eigenvalue weighted by atomic mass is 9.67. The zero-order valence-corrected chi connectivity index (χ0v) is 78.7. The first-order valence-corrected chi connectivity index (χ1v) is 48.7. The molecular formula is C132H92N10. The van der Waals surface area contributed by atoms with Crippen molar-refractivity contribution in [1.29, 1.82) is 0 Å². The van der Waals surface area contributed by atoms with Gasteiger partial charge in [-0.2, -0.15) is 0 Å². The molecule has 0 saturated heterocycles. The fraction of sp³-hybridized carbons (Fsp3) is 0.0530. The second kappa shape index (κ2) is 34.2. The lowest BCUT2D eigenvalue weighted by Gasteiger charge is -2.34. The largest absolute Gasteiger partial charge is 0.309 e. The minimum Gasteiger partial charge on any atom is -0.309 e. The predicted octanol–water partition coefficient (Wildman–Crippen LogP) is 32.4. The summed E-state index contributed by atoms with van der Waals surface area (Å²) in [5.41, 5.74) is 37.4. The Balaban J connectivity index is 0.000000111. The number of rotatable bonds is 13.